The zero-order chi connectivity index (χ0) is 13.1. The summed E-state index contributed by atoms with van der Waals surface area (Å²) in [5.41, 5.74) is 5.57. The molecule has 1 aromatic heterocycles. The van der Waals surface area contributed by atoms with Gasteiger partial charge in [-0.15, -0.1) is 0 Å². The number of rotatable bonds is 2. The van der Waals surface area contributed by atoms with Gasteiger partial charge in [0.25, 0.3) is 11.5 Å². The highest BCUT2D eigenvalue weighted by atomic mass is 16.3. The van der Waals surface area contributed by atoms with Gasteiger partial charge >= 0.3 is 0 Å². The van der Waals surface area contributed by atoms with Crippen molar-refractivity contribution in [2.24, 2.45) is 5.73 Å². The maximum absolute atomic E-state index is 11.9. The average Bonchev–Trinajstić information content (AvgIpc) is 2.31. The van der Waals surface area contributed by atoms with Gasteiger partial charge in [-0.1, -0.05) is 12.8 Å². The Hall–Kier alpha value is -1.82. The molecule has 1 aromatic rings. The number of amides is 1. The van der Waals surface area contributed by atoms with E-state index in [1.165, 1.54) is 6.07 Å². The van der Waals surface area contributed by atoms with Crippen molar-refractivity contribution in [1.82, 2.24) is 10.3 Å². The van der Waals surface area contributed by atoms with Gasteiger partial charge in [0.05, 0.1) is 5.56 Å². The molecule has 0 saturated heterocycles. The van der Waals surface area contributed by atoms with Gasteiger partial charge in [-0.3, -0.25) is 14.6 Å². The second-order valence-electron chi connectivity index (χ2n) is 4.65. The van der Waals surface area contributed by atoms with E-state index in [0.717, 1.165) is 31.7 Å². The minimum atomic E-state index is -0.506. The number of H-pyrrole nitrogens is 1. The quantitative estimate of drug-likeness (QED) is 0.597. The average molecular weight is 251 g/mol. The van der Waals surface area contributed by atoms with Crippen molar-refractivity contribution in [3.63, 3.8) is 0 Å². The van der Waals surface area contributed by atoms with Crippen LogP contribution < -0.4 is 16.6 Å². The lowest BCUT2D eigenvalue weighted by atomic mass is 9.91. The van der Waals surface area contributed by atoms with Gasteiger partial charge in [0.2, 0.25) is 0 Å². The number of aromatic nitrogens is 1. The first-order chi connectivity index (χ1) is 8.56. The molecule has 1 aliphatic rings. The lowest BCUT2D eigenvalue weighted by Gasteiger charge is -2.29. The summed E-state index contributed by atoms with van der Waals surface area (Å²) in [5.74, 6) is -0.695. The Bertz CT molecular complexity index is 498. The molecule has 6 nitrogen and oxygen atoms in total. The lowest BCUT2D eigenvalue weighted by molar-refractivity contribution is 0.0920. The molecule has 2 rings (SSSR count). The molecule has 1 fully saturated rings. The van der Waals surface area contributed by atoms with Crippen molar-refractivity contribution >= 4 is 5.91 Å². The standard InChI is InChI=1S/C12H17N3O3/c13-8-3-1-2-4-9(8)14-12(18)7-5-10(16)15-11(17)6-7/h5-6,8-9H,1-4,13H2,(H,14,18)(H2,15,16,17)/t8-,9-/m1/s1. The first-order valence-corrected chi connectivity index (χ1v) is 6.06. The van der Waals surface area contributed by atoms with E-state index in [1.54, 1.807) is 0 Å². The Morgan fingerprint density at radius 3 is 2.78 bits per heavy atom. The monoisotopic (exact) mass is 251 g/mol. The van der Waals surface area contributed by atoms with Crippen LogP contribution in [0.2, 0.25) is 0 Å². The van der Waals surface area contributed by atoms with Crippen LogP contribution in [0.5, 0.6) is 5.88 Å². The third-order valence-corrected chi connectivity index (χ3v) is 3.23. The van der Waals surface area contributed by atoms with Crippen molar-refractivity contribution in [2.45, 2.75) is 37.8 Å². The zero-order valence-corrected chi connectivity index (χ0v) is 9.98. The minimum Gasteiger partial charge on any atom is -0.494 e. The van der Waals surface area contributed by atoms with Crippen LogP contribution in [0.25, 0.3) is 0 Å². The van der Waals surface area contributed by atoms with Crippen LogP contribution in [-0.2, 0) is 0 Å². The van der Waals surface area contributed by atoms with E-state index in [4.69, 9.17) is 5.73 Å². The highest BCUT2D eigenvalue weighted by molar-refractivity contribution is 5.94. The van der Waals surface area contributed by atoms with Crippen LogP contribution in [0.3, 0.4) is 0 Å². The fourth-order valence-corrected chi connectivity index (χ4v) is 2.25. The summed E-state index contributed by atoms with van der Waals surface area (Å²) >= 11 is 0. The molecule has 0 radical (unpaired) electrons. The highest BCUT2D eigenvalue weighted by Gasteiger charge is 2.23. The SMILES string of the molecule is N[C@@H]1CCCC[C@H]1NC(=O)c1cc(O)[nH]c(=O)c1. The molecule has 2 atom stereocenters. The molecule has 1 saturated carbocycles. The predicted molar refractivity (Wildman–Crippen MR) is 66.4 cm³/mol. The third kappa shape index (κ3) is 2.89. The molecular formula is C12H17N3O3. The van der Waals surface area contributed by atoms with Crippen LogP contribution in [-0.4, -0.2) is 28.1 Å². The van der Waals surface area contributed by atoms with E-state index in [-0.39, 0.29) is 29.4 Å². The summed E-state index contributed by atoms with van der Waals surface area (Å²) in [7, 11) is 0. The molecule has 98 valence electrons. The van der Waals surface area contributed by atoms with Gasteiger partial charge in [0.1, 0.15) is 0 Å². The third-order valence-electron chi connectivity index (χ3n) is 3.23. The van der Waals surface area contributed by atoms with Gasteiger partial charge in [0, 0.05) is 24.2 Å². The Balaban J connectivity index is 2.09. The van der Waals surface area contributed by atoms with E-state index in [1.807, 2.05) is 0 Å². The first kappa shape index (κ1) is 12.6. The molecule has 0 bridgehead atoms. The molecule has 18 heavy (non-hydrogen) atoms. The summed E-state index contributed by atoms with van der Waals surface area (Å²) < 4.78 is 0. The number of hydrogen-bond acceptors (Lipinski definition) is 4. The van der Waals surface area contributed by atoms with Crippen molar-refractivity contribution in [3.8, 4) is 5.88 Å². The van der Waals surface area contributed by atoms with E-state index in [2.05, 4.69) is 10.3 Å². The fourth-order valence-electron chi connectivity index (χ4n) is 2.25. The second kappa shape index (κ2) is 5.22. The van der Waals surface area contributed by atoms with Gasteiger partial charge in [-0.2, -0.15) is 0 Å². The van der Waals surface area contributed by atoms with Gasteiger partial charge in [-0.25, -0.2) is 0 Å². The van der Waals surface area contributed by atoms with Crippen LogP contribution in [0, 0.1) is 0 Å². The van der Waals surface area contributed by atoms with Crippen LogP contribution in [0.4, 0.5) is 0 Å². The van der Waals surface area contributed by atoms with Crippen molar-refractivity contribution < 1.29 is 9.90 Å². The van der Waals surface area contributed by atoms with Crippen molar-refractivity contribution in [3.05, 3.63) is 28.0 Å². The molecule has 1 aliphatic carbocycles. The fraction of sp³-hybridized carbons (Fsp3) is 0.500. The lowest BCUT2D eigenvalue weighted by Crippen LogP contribution is -2.49. The molecule has 0 unspecified atom stereocenters. The molecule has 1 heterocycles. The van der Waals surface area contributed by atoms with E-state index >= 15 is 0 Å². The second-order valence-corrected chi connectivity index (χ2v) is 4.65. The normalized spacial score (nSPS) is 23.6. The molecule has 6 heteroatoms. The van der Waals surface area contributed by atoms with Crippen molar-refractivity contribution in [2.75, 3.05) is 0 Å². The van der Waals surface area contributed by atoms with Crippen LogP contribution in [0.15, 0.2) is 16.9 Å². The highest BCUT2D eigenvalue weighted by Crippen LogP contribution is 2.17. The van der Waals surface area contributed by atoms with Crippen molar-refractivity contribution in [1.29, 1.82) is 0 Å². The number of hydrogen-bond donors (Lipinski definition) is 4. The Morgan fingerprint density at radius 1 is 1.39 bits per heavy atom. The maximum Gasteiger partial charge on any atom is 0.251 e. The first-order valence-electron chi connectivity index (χ1n) is 6.06. The Kier molecular flexibility index (Phi) is 3.66. The summed E-state index contributed by atoms with van der Waals surface area (Å²) in [6, 6.07) is 2.28. The molecule has 0 spiro atoms. The van der Waals surface area contributed by atoms with Gasteiger partial charge in [0.15, 0.2) is 5.88 Å². The van der Waals surface area contributed by atoms with Gasteiger partial charge in [-0.05, 0) is 12.8 Å². The molecule has 0 aromatic carbocycles. The van der Waals surface area contributed by atoms with Crippen LogP contribution >= 0.6 is 0 Å². The van der Waals surface area contributed by atoms with Crippen LogP contribution in [0.1, 0.15) is 36.0 Å². The number of nitrogens with one attached hydrogen (secondary N) is 2. The zero-order valence-electron chi connectivity index (χ0n) is 9.98. The minimum absolute atomic E-state index is 0.0432. The smallest absolute Gasteiger partial charge is 0.251 e. The van der Waals surface area contributed by atoms with E-state index < -0.39 is 5.56 Å². The molecular weight excluding hydrogens is 234 g/mol. The number of carbonyl (C=O) groups excluding carboxylic acids is 1. The summed E-state index contributed by atoms with van der Waals surface area (Å²) in [4.78, 5) is 25.3. The molecule has 0 aliphatic heterocycles. The predicted octanol–water partition coefficient (Wildman–Crippen LogP) is 0.0802. The Morgan fingerprint density at radius 2 is 2.11 bits per heavy atom. The largest absolute Gasteiger partial charge is 0.494 e. The molecule has 5 N–H and O–H groups in total. The topological polar surface area (TPSA) is 108 Å². The number of aromatic hydroxyl groups is 1. The number of carbonyl (C=O) groups is 1. The summed E-state index contributed by atoms with van der Waals surface area (Å²) in [6.45, 7) is 0. The summed E-state index contributed by atoms with van der Waals surface area (Å²) in [5, 5.41) is 12.1. The number of nitrogens with two attached hydrogens (primary N) is 1. The van der Waals surface area contributed by atoms with E-state index in [0.29, 0.717) is 0 Å². The van der Waals surface area contributed by atoms with Gasteiger partial charge < -0.3 is 16.2 Å². The van der Waals surface area contributed by atoms with E-state index in [9.17, 15) is 14.7 Å². The number of aromatic amines is 1. The summed E-state index contributed by atoms with van der Waals surface area (Å²) in [6.07, 6.45) is 3.87. The molecule has 1 amide bonds. The Labute approximate surface area is 104 Å². The maximum atomic E-state index is 11.9. The number of pyridine rings is 1.